The SMILES string of the molecule is [2H]c1c([2H])c([2H])c(-c2c3c([2H])c([2H])c([2H])c([2H])c3c(-c3ccc(-c4ccc5oc6cc(-c7ccc8ccccc8c7)ccc6c5c4)cc3)c3c([2H])c([2H])c([2H])c([2H])c23)c([2H])c1[2H]. The molecule has 0 amide bonds. The summed E-state index contributed by atoms with van der Waals surface area (Å²) >= 11 is 0. The molecule has 0 bridgehead atoms. The van der Waals surface area contributed by atoms with E-state index < -0.39 is 84.1 Å². The van der Waals surface area contributed by atoms with Crippen LogP contribution in [0.5, 0.6) is 0 Å². The second kappa shape index (κ2) is 11.1. The zero-order valence-corrected chi connectivity index (χ0v) is 25.7. The second-order valence-corrected chi connectivity index (χ2v) is 11.9. The number of furan rings is 1. The van der Waals surface area contributed by atoms with Gasteiger partial charge in [-0.2, -0.15) is 0 Å². The topological polar surface area (TPSA) is 13.1 Å². The maximum Gasteiger partial charge on any atom is 0.136 e. The monoisotopic (exact) mass is 635 g/mol. The molecule has 0 radical (unpaired) electrons. The van der Waals surface area contributed by atoms with Crippen molar-refractivity contribution < 1.29 is 22.2 Å². The lowest BCUT2D eigenvalue weighted by Crippen LogP contribution is -1.90. The highest BCUT2D eigenvalue weighted by Crippen LogP contribution is 2.44. The number of hydrogen-bond acceptors (Lipinski definition) is 1. The van der Waals surface area contributed by atoms with Gasteiger partial charge in [0.25, 0.3) is 0 Å². The van der Waals surface area contributed by atoms with Crippen molar-refractivity contribution in [3.05, 3.63) is 182 Å². The van der Waals surface area contributed by atoms with Crippen LogP contribution in [0.15, 0.2) is 186 Å². The second-order valence-electron chi connectivity index (χ2n) is 11.9. The normalized spacial score (nSPS) is 15.4. The van der Waals surface area contributed by atoms with Crippen LogP contribution in [0.1, 0.15) is 17.8 Å². The third kappa shape index (κ3) is 4.55. The van der Waals surface area contributed by atoms with Crippen molar-refractivity contribution in [3.8, 4) is 44.5 Å². The molecule has 0 aliphatic rings. The highest BCUT2D eigenvalue weighted by Gasteiger charge is 2.17. The van der Waals surface area contributed by atoms with Crippen LogP contribution < -0.4 is 0 Å². The number of rotatable bonds is 4. The summed E-state index contributed by atoms with van der Waals surface area (Å²) in [5.41, 5.74) is 4.85. The van der Waals surface area contributed by atoms with Crippen molar-refractivity contribution in [2.75, 3.05) is 0 Å². The molecule has 10 aromatic rings. The standard InChI is InChI=1S/C48H30O/c1-2-11-33(12-3-1)47-40-14-6-8-16-42(40)48(43-17-9-7-15-41(43)47)34-21-18-32(19-22-34)37-25-27-45-44(29-37)39-26-24-38(30-46(39)49-45)36-23-20-31-10-4-5-13-35(31)28-36/h1-30H/i1D,2D,3D,6D,7D,8D,9D,11D,12D,14D,15D,16D,17D. The van der Waals surface area contributed by atoms with Crippen LogP contribution in [0.3, 0.4) is 0 Å². The predicted molar refractivity (Wildman–Crippen MR) is 208 cm³/mol. The lowest BCUT2D eigenvalue weighted by Gasteiger charge is -2.18. The molecule has 0 saturated carbocycles. The lowest BCUT2D eigenvalue weighted by molar-refractivity contribution is 0.669. The third-order valence-corrected chi connectivity index (χ3v) is 9.19. The van der Waals surface area contributed by atoms with E-state index in [9.17, 15) is 2.74 Å². The van der Waals surface area contributed by atoms with Gasteiger partial charge in [-0.15, -0.1) is 0 Å². The maximum absolute atomic E-state index is 9.21. The van der Waals surface area contributed by atoms with Gasteiger partial charge in [0, 0.05) is 10.8 Å². The smallest absolute Gasteiger partial charge is 0.136 e. The molecule has 0 aliphatic heterocycles. The molecule has 1 aromatic heterocycles. The first-order chi connectivity index (χ1) is 29.7. The maximum atomic E-state index is 9.21. The van der Waals surface area contributed by atoms with Crippen molar-refractivity contribution in [1.29, 1.82) is 0 Å². The van der Waals surface area contributed by atoms with E-state index in [0.717, 1.165) is 49.4 Å². The van der Waals surface area contributed by atoms with Crippen LogP contribution in [0.2, 0.25) is 0 Å². The van der Waals surface area contributed by atoms with Crippen LogP contribution >= 0.6 is 0 Å². The first-order valence-corrected chi connectivity index (χ1v) is 15.8. The quantitative estimate of drug-likeness (QED) is 0.175. The highest BCUT2D eigenvalue weighted by molar-refractivity contribution is 6.21. The van der Waals surface area contributed by atoms with Gasteiger partial charge >= 0.3 is 0 Å². The summed E-state index contributed by atoms with van der Waals surface area (Å²) in [6.07, 6.45) is 0. The molecule has 1 nitrogen and oxygen atoms in total. The van der Waals surface area contributed by atoms with E-state index in [1.54, 1.807) is 12.1 Å². The average molecular weight is 636 g/mol. The number of hydrogen-bond donors (Lipinski definition) is 0. The van der Waals surface area contributed by atoms with Crippen molar-refractivity contribution in [3.63, 3.8) is 0 Å². The summed E-state index contributed by atoms with van der Waals surface area (Å²) in [4.78, 5) is 0. The Morgan fingerprint density at radius 2 is 0.857 bits per heavy atom. The van der Waals surface area contributed by atoms with Gasteiger partial charge in [0.2, 0.25) is 0 Å². The fourth-order valence-electron chi connectivity index (χ4n) is 6.87. The highest BCUT2D eigenvalue weighted by atomic mass is 16.3. The summed E-state index contributed by atoms with van der Waals surface area (Å²) < 4.78 is 121. The van der Waals surface area contributed by atoms with E-state index in [4.69, 9.17) is 19.5 Å². The van der Waals surface area contributed by atoms with E-state index in [2.05, 4.69) is 36.4 Å². The van der Waals surface area contributed by atoms with E-state index in [-0.39, 0.29) is 32.7 Å². The van der Waals surface area contributed by atoms with Gasteiger partial charge in [0.1, 0.15) is 11.2 Å². The molecular formula is C48H30O. The minimum atomic E-state index is -0.712. The van der Waals surface area contributed by atoms with Gasteiger partial charge in [-0.05, 0) is 107 Å². The third-order valence-electron chi connectivity index (χ3n) is 9.19. The van der Waals surface area contributed by atoms with Gasteiger partial charge < -0.3 is 4.42 Å². The van der Waals surface area contributed by atoms with Gasteiger partial charge in [-0.25, -0.2) is 0 Å². The Morgan fingerprint density at radius 3 is 1.57 bits per heavy atom. The lowest BCUT2D eigenvalue weighted by atomic mass is 9.86. The Labute approximate surface area is 302 Å². The van der Waals surface area contributed by atoms with Crippen molar-refractivity contribution in [1.82, 2.24) is 0 Å². The van der Waals surface area contributed by atoms with Crippen LogP contribution in [0, 0.1) is 0 Å². The Hall–Kier alpha value is -6.44. The zero-order valence-electron chi connectivity index (χ0n) is 38.7. The number of fused-ring (bicyclic) bond motifs is 6. The molecule has 0 unspecified atom stereocenters. The molecule has 1 heteroatoms. The van der Waals surface area contributed by atoms with Gasteiger partial charge in [-0.3, -0.25) is 0 Å². The summed E-state index contributed by atoms with van der Waals surface area (Å²) in [5.74, 6) is 0. The molecule has 0 atom stereocenters. The Balaban J connectivity index is 1.18. The molecule has 0 saturated heterocycles. The largest absolute Gasteiger partial charge is 0.456 e. The average Bonchev–Trinajstić information content (AvgIpc) is 3.66. The van der Waals surface area contributed by atoms with E-state index in [0.29, 0.717) is 11.1 Å². The van der Waals surface area contributed by atoms with Crippen molar-refractivity contribution >= 4 is 54.3 Å². The molecule has 228 valence electrons. The molecule has 1 heterocycles. The van der Waals surface area contributed by atoms with Crippen LogP contribution in [-0.2, 0) is 0 Å². The summed E-state index contributed by atoms with van der Waals surface area (Å²) in [7, 11) is 0. The minimum Gasteiger partial charge on any atom is -0.456 e. The van der Waals surface area contributed by atoms with Crippen molar-refractivity contribution in [2.45, 2.75) is 0 Å². The van der Waals surface area contributed by atoms with Gasteiger partial charge in [0.05, 0.1) is 17.8 Å². The van der Waals surface area contributed by atoms with E-state index in [1.807, 2.05) is 54.6 Å². The molecule has 49 heavy (non-hydrogen) atoms. The first-order valence-electron chi connectivity index (χ1n) is 22.3. The fourth-order valence-corrected chi connectivity index (χ4v) is 6.87. The van der Waals surface area contributed by atoms with E-state index >= 15 is 0 Å². The minimum absolute atomic E-state index is 0.0789. The summed E-state index contributed by atoms with van der Waals surface area (Å²) in [5, 5.41) is 3.40. The van der Waals surface area contributed by atoms with E-state index in [1.165, 1.54) is 0 Å². The molecule has 0 spiro atoms. The molecule has 10 rings (SSSR count). The van der Waals surface area contributed by atoms with Gasteiger partial charge in [0.15, 0.2) is 0 Å². The summed E-state index contributed by atoms with van der Waals surface area (Å²) in [6, 6.07) is 25.3. The molecule has 9 aromatic carbocycles. The predicted octanol–water partition coefficient (Wildman–Crippen LogP) is 13.7. The Kier molecular flexibility index (Phi) is 3.99. The Bertz CT molecular complexity index is 3500. The molecule has 0 aliphatic carbocycles. The van der Waals surface area contributed by atoms with Crippen molar-refractivity contribution in [2.24, 2.45) is 0 Å². The van der Waals surface area contributed by atoms with Gasteiger partial charge in [-0.1, -0.05) is 151 Å². The summed E-state index contributed by atoms with van der Waals surface area (Å²) in [6.45, 7) is 0. The Morgan fingerprint density at radius 1 is 0.327 bits per heavy atom. The molecule has 0 fully saturated rings. The molecule has 0 N–H and O–H groups in total. The fraction of sp³-hybridized carbons (Fsp3) is 0. The number of benzene rings is 9. The zero-order chi connectivity index (χ0) is 43.6. The van der Waals surface area contributed by atoms with Crippen LogP contribution in [0.25, 0.3) is 98.8 Å². The first kappa shape index (κ1) is 17.6. The van der Waals surface area contributed by atoms with Crippen LogP contribution in [-0.4, -0.2) is 0 Å². The molecular weight excluding hydrogens is 593 g/mol. The van der Waals surface area contributed by atoms with Crippen LogP contribution in [0.4, 0.5) is 0 Å².